The Hall–Kier alpha value is -2.47. The van der Waals surface area contributed by atoms with Gasteiger partial charge < -0.3 is 5.32 Å². The normalized spacial score (nSPS) is 12.9. The molecule has 6 N–H and O–H groups in total. The third-order valence-electron chi connectivity index (χ3n) is 3.13. The molecule has 1 aliphatic heterocycles. The fourth-order valence-corrected chi connectivity index (χ4v) is 3.05. The van der Waals surface area contributed by atoms with E-state index in [9.17, 15) is 0 Å². The largest absolute Gasteiger partial charge is 0.362 e. The second-order valence-corrected chi connectivity index (χ2v) is 5.78. The van der Waals surface area contributed by atoms with E-state index < -0.39 is 0 Å². The van der Waals surface area contributed by atoms with E-state index in [1.54, 1.807) is 11.8 Å². The molecule has 6 heteroatoms. The molecule has 0 saturated carbocycles. The molecule has 0 amide bonds. The summed E-state index contributed by atoms with van der Waals surface area (Å²) in [5.74, 6) is 0.0786. The maximum Gasteiger partial charge on any atom is 0.362 e. The van der Waals surface area contributed by atoms with Gasteiger partial charge in [-0.3, -0.25) is 11.5 Å². The lowest BCUT2D eigenvalue weighted by Crippen LogP contribution is -2.72. The molecular weight excluding hydrogens is 282 g/mol. The van der Waals surface area contributed by atoms with Gasteiger partial charge in [0.25, 0.3) is 0 Å². The topological polar surface area (TPSA) is 90.4 Å². The van der Waals surface area contributed by atoms with Gasteiger partial charge >= 0.3 is 5.96 Å². The Kier molecular flexibility index (Phi) is 3.53. The van der Waals surface area contributed by atoms with Crippen LogP contribution in [0.25, 0.3) is 0 Å². The first kappa shape index (κ1) is 13.5. The van der Waals surface area contributed by atoms with Gasteiger partial charge in [-0.1, -0.05) is 30.0 Å². The quantitative estimate of drug-likeness (QED) is 0.322. The van der Waals surface area contributed by atoms with E-state index >= 15 is 0 Å². The van der Waals surface area contributed by atoms with Gasteiger partial charge in [-0.05, 0) is 31.2 Å². The molecule has 0 saturated heterocycles. The highest BCUT2D eigenvalue weighted by molar-refractivity contribution is 7.99. The van der Waals surface area contributed by atoms with Crippen molar-refractivity contribution >= 4 is 34.8 Å². The van der Waals surface area contributed by atoms with Crippen molar-refractivity contribution in [1.82, 2.24) is 0 Å². The predicted octanol–water partition coefficient (Wildman–Crippen LogP) is 0.973. The minimum absolute atomic E-state index is 0.0786. The van der Waals surface area contributed by atoms with Gasteiger partial charge in [-0.2, -0.15) is 5.10 Å². The van der Waals surface area contributed by atoms with E-state index in [4.69, 9.17) is 11.5 Å². The maximum atomic E-state index is 5.34. The van der Waals surface area contributed by atoms with Crippen molar-refractivity contribution in [3.05, 3.63) is 48.0 Å². The third kappa shape index (κ3) is 2.85. The monoisotopic (exact) mass is 298 g/mol. The van der Waals surface area contributed by atoms with Crippen LogP contribution in [0.3, 0.4) is 0 Å². The molecule has 0 radical (unpaired) electrons. The average Bonchev–Trinajstić information content (AvgIpc) is 2.50. The molecule has 2 aromatic carbocycles. The Labute approximate surface area is 127 Å². The minimum Gasteiger partial charge on any atom is -0.354 e. The van der Waals surface area contributed by atoms with Gasteiger partial charge in [-0.25, -0.2) is 0 Å². The molecule has 2 aromatic rings. The van der Waals surface area contributed by atoms with E-state index in [-0.39, 0.29) is 5.96 Å². The first-order valence-corrected chi connectivity index (χ1v) is 7.31. The minimum atomic E-state index is 0.0786. The lowest BCUT2D eigenvalue weighted by Gasteiger charge is -2.21. The summed E-state index contributed by atoms with van der Waals surface area (Å²) < 4.78 is 0. The second kappa shape index (κ2) is 5.49. The van der Waals surface area contributed by atoms with Crippen LogP contribution >= 0.6 is 11.8 Å². The second-order valence-electron chi connectivity index (χ2n) is 4.70. The number of rotatable bonds is 2. The molecule has 0 aliphatic carbocycles. The summed E-state index contributed by atoms with van der Waals surface area (Å²) in [6.45, 7) is 1.90. The number of guanidine groups is 1. The molecular formula is C15H16N5S+. The van der Waals surface area contributed by atoms with Crippen LogP contribution in [0.4, 0.5) is 11.4 Å². The van der Waals surface area contributed by atoms with Crippen molar-refractivity contribution < 1.29 is 5.10 Å². The third-order valence-corrected chi connectivity index (χ3v) is 4.28. The highest BCUT2D eigenvalue weighted by atomic mass is 32.2. The number of benzene rings is 2. The Bertz CT molecular complexity index is 747. The molecule has 1 heterocycles. The molecule has 0 fully saturated rings. The number of fused-ring (bicyclic) bond motifs is 2. The summed E-state index contributed by atoms with van der Waals surface area (Å²) in [6.07, 6.45) is 0. The van der Waals surface area contributed by atoms with Gasteiger partial charge in [-0.15, -0.1) is 5.10 Å². The van der Waals surface area contributed by atoms with Crippen LogP contribution in [0.2, 0.25) is 0 Å². The Morgan fingerprint density at radius 2 is 1.86 bits per heavy atom. The molecule has 21 heavy (non-hydrogen) atoms. The van der Waals surface area contributed by atoms with Crippen LogP contribution in [0, 0.1) is 0 Å². The number of nitrogens with one attached hydrogen (secondary N) is 2. The van der Waals surface area contributed by atoms with Crippen LogP contribution in [-0.2, 0) is 0 Å². The molecule has 1 aliphatic rings. The van der Waals surface area contributed by atoms with E-state index in [2.05, 4.69) is 39.8 Å². The van der Waals surface area contributed by atoms with Gasteiger partial charge in [0, 0.05) is 15.4 Å². The molecule has 0 spiro atoms. The highest BCUT2D eigenvalue weighted by Gasteiger charge is 2.15. The Balaban J connectivity index is 1.94. The number of nitrogens with zero attached hydrogens (tertiary/aromatic N) is 1. The summed E-state index contributed by atoms with van der Waals surface area (Å²) in [7, 11) is 0. The molecule has 0 aromatic heterocycles. The fraction of sp³-hybridized carbons (Fsp3) is 0.0667. The Morgan fingerprint density at radius 1 is 1.10 bits per heavy atom. The Morgan fingerprint density at radius 3 is 2.67 bits per heavy atom. The first-order valence-electron chi connectivity index (χ1n) is 6.50. The van der Waals surface area contributed by atoms with Crippen LogP contribution in [0.5, 0.6) is 0 Å². The van der Waals surface area contributed by atoms with Crippen molar-refractivity contribution in [2.45, 2.75) is 16.7 Å². The van der Waals surface area contributed by atoms with Crippen molar-refractivity contribution in [3.8, 4) is 0 Å². The van der Waals surface area contributed by atoms with Crippen LogP contribution in [0.15, 0.2) is 57.4 Å². The van der Waals surface area contributed by atoms with Gasteiger partial charge in [0.15, 0.2) is 0 Å². The highest BCUT2D eigenvalue weighted by Crippen LogP contribution is 2.44. The summed E-state index contributed by atoms with van der Waals surface area (Å²) in [5.41, 5.74) is 14.7. The number of hydrogen-bond donors (Lipinski definition) is 4. The lowest BCUT2D eigenvalue weighted by molar-refractivity contribution is -0.464. The van der Waals surface area contributed by atoms with Crippen LogP contribution < -0.4 is 21.9 Å². The maximum absolute atomic E-state index is 5.34. The summed E-state index contributed by atoms with van der Waals surface area (Å²) >= 11 is 1.76. The van der Waals surface area contributed by atoms with Gasteiger partial charge in [0.05, 0.1) is 17.1 Å². The van der Waals surface area contributed by atoms with E-state index in [0.29, 0.717) is 0 Å². The van der Waals surface area contributed by atoms with Crippen LogP contribution in [-0.4, -0.2) is 11.7 Å². The average molecular weight is 298 g/mol. The summed E-state index contributed by atoms with van der Waals surface area (Å²) in [4.78, 5) is 2.43. The zero-order valence-corrected chi connectivity index (χ0v) is 12.4. The first-order chi connectivity index (χ1) is 10.1. The van der Waals surface area contributed by atoms with E-state index in [1.165, 1.54) is 9.79 Å². The van der Waals surface area contributed by atoms with Crippen molar-refractivity contribution in [2.24, 2.45) is 16.6 Å². The van der Waals surface area contributed by atoms with Crippen molar-refractivity contribution in [2.75, 3.05) is 5.32 Å². The zero-order valence-electron chi connectivity index (χ0n) is 11.6. The van der Waals surface area contributed by atoms with Gasteiger partial charge in [0.1, 0.15) is 0 Å². The van der Waals surface area contributed by atoms with Crippen LogP contribution in [0.1, 0.15) is 12.5 Å². The number of anilines is 2. The van der Waals surface area contributed by atoms with E-state index in [1.807, 2.05) is 25.1 Å². The molecule has 0 bridgehead atoms. The van der Waals surface area contributed by atoms with E-state index in [0.717, 1.165) is 22.6 Å². The lowest BCUT2D eigenvalue weighted by atomic mass is 10.1. The summed E-state index contributed by atoms with van der Waals surface area (Å²) in [6, 6.07) is 14.5. The van der Waals surface area contributed by atoms with Crippen molar-refractivity contribution in [3.63, 3.8) is 0 Å². The molecule has 5 nitrogen and oxygen atoms in total. The number of hydrogen-bond acceptors (Lipinski definition) is 3. The number of hydrazone groups is 1. The summed E-state index contributed by atoms with van der Waals surface area (Å²) in [5, 5.41) is 10.2. The SMILES string of the molecule is C/C(=N/[NH+]=C(N)N)c1ccc2c(c1)Nc1ccccc1S2. The standard InChI is InChI=1S/C15H15N5S/c1-9(19-20-15(16)17)10-6-7-14-12(8-10)18-11-4-2-3-5-13(11)21-14/h2-8,18H,1H3,(H4,16,17,20)/p+1/b19-9-. The predicted molar refractivity (Wildman–Crippen MR) is 86.8 cm³/mol. The molecule has 0 atom stereocenters. The van der Waals surface area contributed by atoms with Crippen molar-refractivity contribution in [1.29, 1.82) is 0 Å². The molecule has 3 rings (SSSR count). The molecule has 0 unspecified atom stereocenters. The fourth-order valence-electron chi connectivity index (χ4n) is 2.08. The zero-order chi connectivity index (χ0) is 14.8. The smallest absolute Gasteiger partial charge is 0.354 e. The number of nitrogens with two attached hydrogens (primary N) is 2. The number of para-hydroxylation sites is 1. The molecule has 106 valence electrons. The van der Waals surface area contributed by atoms with Gasteiger partial charge in [0.2, 0.25) is 0 Å².